The van der Waals surface area contributed by atoms with Crippen molar-refractivity contribution in [3.05, 3.63) is 64.1 Å². The fourth-order valence-electron chi connectivity index (χ4n) is 3.38. The number of hydrogen-bond acceptors (Lipinski definition) is 3. The first kappa shape index (κ1) is 19.9. The Morgan fingerprint density at radius 1 is 1.07 bits per heavy atom. The Kier molecular flexibility index (Phi) is 6.53. The number of halogens is 2. The van der Waals surface area contributed by atoms with Crippen molar-refractivity contribution in [3.8, 4) is 0 Å². The van der Waals surface area contributed by atoms with E-state index in [-0.39, 0.29) is 23.7 Å². The molecule has 0 bridgehead atoms. The van der Waals surface area contributed by atoms with Gasteiger partial charge in [0.2, 0.25) is 5.91 Å². The summed E-state index contributed by atoms with van der Waals surface area (Å²) in [5.41, 5.74) is 1.31. The van der Waals surface area contributed by atoms with Gasteiger partial charge in [0.15, 0.2) is 5.78 Å². The molecule has 1 aliphatic heterocycles. The molecule has 0 spiro atoms. The monoisotopic (exact) mass is 404 g/mol. The fraction of sp³-hybridized carbons (Fsp3) is 0.333. The third-order valence-electron chi connectivity index (χ3n) is 5.07. The summed E-state index contributed by atoms with van der Waals surface area (Å²) >= 11 is 12.0. The van der Waals surface area contributed by atoms with Gasteiger partial charge in [-0.05, 0) is 51.1 Å². The summed E-state index contributed by atoms with van der Waals surface area (Å²) < 4.78 is 0. The number of anilines is 1. The molecule has 4 nitrogen and oxygen atoms in total. The zero-order valence-electron chi connectivity index (χ0n) is 15.1. The van der Waals surface area contributed by atoms with Crippen molar-refractivity contribution in [2.75, 3.05) is 18.4 Å². The van der Waals surface area contributed by atoms with Crippen molar-refractivity contribution in [1.82, 2.24) is 4.90 Å². The van der Waals surface area contributed by atoms with Crippen molar-refractivity contribution in [2.24, 2.45) is 5.92 Å². The number of carbonyl (C=O) groups is 2. The Morgan fingerprint density at radius 2 is 1.74 bits per heavy atom. The van der Waals surface area contributed by atoms with Crippen molar-refractivity contribution in [1.29, 1.82) is 0 Å². The van der Waals surface area contributed by atoms with Gasteiger partial charge in [-0.25, -0.2) is 0 Å². The van der Waals surface area contributed by atoms with Crippen LogP contribution in [0.4, 0.5) is 5.69 Å². The Bertz CT molecular complexity index is 818. The van der Waals surface area contributed by atoms with Crippen LogP contribution in [0.1, 0.15) is 30.1 Å². The van der Waals surface area contributed by atoms with E-state index in [1.165, 1.54) is 0 Å². The molecule has 2 aromatic carbocycles. The Hall–Kier alpha value is -1.88. The van der Waals surface area contributed by atoms with Crippen LogP contribution in [0, 0.1) is 5.92 Å². The molecule has 0 aromatic heterocycles. The van der Waals surface area contributed by atoms with Gasteiger partial charge >= 0.3 is 0 Å². The van der Waals surface area contributed by atoms with Gasteiger partial charge < -0.3 is 5.32 Å². The maximum atomic E-state index is 12.6. The summed E-state index contributed by atoms with van der Waals surface area (Å²) in [6, 6.07) is 14.1. The lowest BCUT2D eigenvalue weighted by molar-refractivity contribution is -0.121. The highest BCUT2D eigenvalue weighted by Gasteiger charge is 2.30. The molecular weight excluding hydrogens is 383 g/mol. The summed E-state index contributed by atoms with van der Waals surface area (Å²) in [5.74, 6) is 0.0944. The molecule has 1 atom stereocenters. The number of carbonyl (C=O) groups excluding carboxylic acids is 2. The number of hydrogen-bond donors (Lipinski definition) is 1. The highest BCUT2D eigenvalue weighted by molar-refractivity contribution is 6.36. The molecule has 0 aliphatic carbocycles. The maximum absolute atomic E-state index is 12.6. The van der Waals surface area contributed by atoms with Gasteiger partial charge in [0, 0.05) is 16.5 Å². The number of piperidine rings is 1. The zero-order chi connectivity index (χ0) is 19.4. The largest absolute Gasteiger partial charge is 0.323 e. The van der Waals surface area contributed by atoms with E-state index in [4.69, 9.17) is 23.2 Å². The first-order valence-corrected chi connectivity index (χ1v) is 9.80. The molecule has 1 aliphatic rings. The molecule has 1 fully saturated rings. The van der Waals surface area contributed by atoms with Crippen LogP contribution in [0.3, 0.4) is 0 Å². The average Bonchev–Trinajstić information content (AvgIpc) is 2.69. The lowest BCUT2D eigenvalue weighted by Crippen LogP contribution is -2.47. The van der Waals surface area contributed by atoms with E-state index in [9.17, 15) is 9.59 Å². The zero-order valence-corrected chi connectivity index (χ0v) is 16.6. The minimum absolute atomic E-state index is 0.0182. The molecule has 0 saturated carbocycles. The lowest BCUT2D eigenvalue weighted by Gasteiger charge is -2.34. The first-order chi connectivity index (χ1) is 13.0. The van der Waals surface area contributed by atoms with E-state index in [1.54, 1.807) is 18.2 Å². The molecule has 2 aromatic rings. The van der Waals surface area contributed by atoms with Crippen LogP contribution in [-0.4, -0.2) is 35.7 Å². The van der Waals surface area contributed by atoms with Gasteiger partial charge in [-0.2, -0.15) is 0 Å². The maximum Gasteiger partial charge on any atom is 0.241 e. The number of nitrogens with zero attached hydrogens (tertiary/aromatic N) is 1. The van der Waals surface area contributed by atoms with Gasteiger partial charge in [-0.3, -0.25) is 14.5 Å². The van der Waals surface area contributed by atoms with Gasteiger partial charge in [-0.1, -0.05) is 53.5 Å². The van der Waals surface area contributed by atoms with Crippen LogP contribution in [0.25, 0.3) is 0 Å². The fourth-order valence-corrected chi connectivity index (χ4v) is 3.84. The number of benzene rings is 2. The number of Topliss-reactive ketones (excluding diaryl/α,β-unsaturated/α-hetero) is 1. The summed E-state index contributed by atoms with van der Waals surface area (Å²) in [5, 5.41) is 3.79. The number of nitrogens with one attached hydrogen (secondary N) is 1. The van der Waals surface area contributed by atoms with Gasteiger partial charge in [0.1, 0.15) is 0 Å². The molecule has 1 unspecified atom stereocenters. The summed E-state index contributed by atoms with van der Waals surface area (Å²) in [6.07, 6.45) is 1.51. The second kappa shape index (κ2) is 8.87. The highest BCUT2D eigenvalue weighted by Crippen LogP contribution is 2.27. The van der Waals surface area contributed by atoms with E-state index in [0.29, 0.717) is 28.8 Å². The second-order valence-corrected chi connectivity index (χ2v) is 7.67. The van der Waals surface area contributed by atoms with E-state index < -0.39 is 0 Å². The molecular formula is C21H22Cl2N2O2. The normalized spacial score (nSPS) is 16.7. The first-order valence-electron chi connectivity index (χ1n) is 9.05. The Morgan fingerprint density at radius 3 is 2.37 bits per heavy atom. The predicted octanol–water partition coefficient (Wildman–Crippen LogP) is 4.92. The molecule has 1 heterocycles. The van der Waals surface area contributed by atoms with Crippen molar-refractivity contribution in [2.45, 2.75) is 25.8 Å². The Balaban J connectivity index is 1.55. The van der Waals surface area contributed by atoms with Gasteiger partial charge in [0.05, 0.1) is 16.8 Å². The molecule has 3 rings (SSSR count). The predicted molar refractivity (Wildman–Crippen MR) is 110 cm³/mol. The van der Waals surface area contributed by atoms with Crippen LogP contribution in [-0.2, 0) is 4.79 Å². The van der Waals surface area contributed by atoms with Crippen molar-refractivity contribution < 1.29 is 9.59 Å². The van der Waals surface area contributed by atoms with E-state index in [0.717, 1.165) is 18.4 Å². The van der Waals surface area contributed by atoms with Crippen LogP contribution in [0.2, 0.25) is 10.0 Å². The molecule has 1 amide bonds. The average molecular weight is 405 g/mol. The van der Waals surface area contributed by atoms with E-state index >= 15 is 0 Å². The molecule has 142 valence electrons. The second-order valence-electron chi connectivity index (χ2n) is 6.83. The molecule has 1 N–H and O–H groups in total. The smallest absolute Gasteiger partial charge is 0.241 e. The summed E-state index contributed by atoms with van der Waals surface area (Å²) in [7, 11) is 0. The third-order valence-corrected chi connectivity index (χ3v) is 5.62. The van der Waals surface area contributed by atoms with Gasteiger partial charge in [-0.15, -0.1) is 0 Å². The van der Waals surface area contributed by atoms with Crippen molar-refractivity contribution in [3.63, 3.8) is 0 Å². The number of ketones is 1. The number of amides is 1. The standard InChI is InChI=1S/C21H22Cl2N2O2/c1-14(21(27)24-19-8-7-17(22)13-18(19)23)25-11-9-16(10-12-25)20(26)15-5-3-2-4-6-15/h2-8,13-14,16H,9-12H2,1H3,(H,24,27). The molecule has 27 heavy (non-hydrogen) atoms. The van der Waals surface area contributed by atoms with Crippen LogP contribution in [0.15, 0.2) is 48.5 Å². The SMILES string of the molecule is CC(C(=O)Nc1ccc(Cl)cc1Cl)N1CCC(C(=O)c2ccccc2)CC1. The van der Waals surface area contributed by atoms with Crippen molar-refractivity contribution >= 4 is 40.6 Å². The number of likely N-dealkylation sites (tertiary alicyclic amines) is 1. The van der Waals surface area contributed by atoms with E-state index in [2.05, 4.69) is 10.2 Å². The summed E-state index contributed by atoms with van der Waals surface area (Å²) in [4.78, 5) is 27.3. The minimum atomic E-state index is -0.301. The number of rotatable bonds is 5. The quantitative estimate of drug-likeness (QED) is 0.719. The lowest BCUT2D eigenvalue weighted by atomic mass is 9.88. The van der Waals surface area contributed by atoms with Crippen LogP contribution < -0.4 is 5.32 Å². The Labute approximate surface area is 169 Å². The van der Waals surface area contributed by atoms with Crippen LogP contribution in [0.5, 0.6) is 0 Å². The van der Waals surface area contributed by atoms with E-state index in [1.807, 2.05) is 37.3 Å². The molecule has 1 saturated heterocycles. The molecule has 0 radical (unpaired) electrons. The van der Waals surface area contributed by atoms with Crippen LogP contribution >= 0.6 is 23.2 Å². The summed E-state index contributed by atoms with van der Waals surface area (Å²) in [6.45, 7) is 3.30. The third kappa shape index (κ3) is 4.89. The molecule has 6 heteroatoms. The minimum Gasteiger partial charge on any atom is -0.323 e. The van der Waals surface area contributed by atoms with Gasteiger partial charge in [0.25, 0.3) is 0 Å². The topological polar surface area (TPSA) is 49.4 Å². The highest BCUT2D eigenvalue weighted by atomic mass is 35.5.